The average Bonchev–Trinajstić information content (AvgIpc) is 2.43. The number of ether oxygens (including phenoxy) is 2. The highest BCUT2D eigenvalue weighted by Gasteiger charge is 2.20. The van der Waals surface area contributed by atoms with Gasteiger partial charge in [0, 0.05) is 6.54 Å². The number of para-hydroxylation sites is 1. The van der Waals surface area contributed by atoms with Gasteiger partial charge in [0.25, 0.3) is 0 Å². The summed E-state index contributed by atoms with van der Waals surface area (Å²) in [5.74, 6) is 0.256. The molecule has 1 rings (SSSR count). The Morgan fingerprint density at radius 2 is 2.05 bits per heavy atom. The normalized spacial score (nSPS) is 13.6. The number of carbonyl (C=O) groups is 1. The zero-order valence-electron chi connectivity index (χ0n) is 12.3. The Labute approximate surface area is 119 Å². The Bertz CT molecular complexity index is 447. The summed E-state index contributed by atoms with van der Waals surface area (Å²) in [4.78, 5) is 11.0. The number of benzene rings is 1. The van der Waals surface area contributed by atoms with Crippen LogP contribution in [-0.4, -0.2) is 31.8 Å². The molecule has 20 heavy (non-hydrogen) atoms. The number of hydrogen-bond acceptors (Lipinski definition) is 4. The Morgan fingerprint density at radius 3 is 2.55 bits per heavy atom. The molecule has 0 fully saturated rings. The summed E-state index contributed by atoms with van der Waals surface area (Å²) in [5, 5.41) is 9.05. The molecule has 1 aromatic rings. The first-order valence-corrected chi connectivity index (χ1v) is 6.66. The van der Waals surface area contributed by atoms with Crippen molar-refractivity contribution in [1.29, 1.82) is 0 Å². The summed E-state index contributed by atoms with van der Waals surface area (Å²) in [6, 6.07) is 5.71. The molecule has 3 N–H and O–H groups in total. The first kappa shape index (κ1) is 16.3. The highest BCUT2D eigenvalue weighted by atomic mass is 16.5. The van der Waals surface area contributed by atoms with Crippen LogP contribution >= 0.6 is 0 Å². The Balaban J connectivity index is 2.80. The summed E-state index contributed by atoms with van der Waals surface area (Å²) in [6.45, 7) is 2.18. The maximum Gasteiger partial charge on any atom is 0.307 e. The van der Waals surface area contributed by atoms with Gasteiger partial charge in [-0.25, -0.2) is 0 Å². The predicted octanol–water partition coefficient (Wildman–Crippen LogP) is 1.93. The molecule has 2 unspecified atom stereocenters. The first-order valence-electron chi connectivity index (χ1n) is 6.66. The molecule has 112 valence electrons. The van der Waals surface area contributed by atoms with Gasteiger partial charge >= 0.3 is 5.97 Å². The smallest absolute Gasteiger partial charge is 0.307 e. The van der Waals surface area contributed by atoms with Crippen LogP contribution in [0.3, 0.4) is 0 Å². The lowest BCUT2D eigenvalue weighted by Crippen LogP contribution is -2.25. The third-order valence-electron chi connectivity index (χ3n) is 3.37. The number of rotatable bonds is 8. The molecule has 0 aliphatic heterocycles. The fourth-order valence-electron chi connectivity index (χ4n) is 2.36. The quantitative estimate of drug-likeness (QED) is 0.761. The molecule has 2 atom stereocenters. The predicted molar refractivity (Wildman–Crippen MR) is 77.2 cm³/mol. The van der Waals surface area contributed by atoms with Crippen molar-refractivity contribution in [2.45, 2.75) is 19.8 Å². The van der Waals surface area contributed by atoms with Gasteiger partial charge in [0.2, 0.25) is 0 Å². The molecule has 1 aromatic carbocycles. The molecule has 0 heterocycles. The molecule has 0 radical (unpaired) electrons. The van der Waals surface area contributed by atoms with E-state index < -0.39 is 11.9 Å². The number of aliphatic carboxylic acids is 1. The van der Waals surface area contributed by atoms with Crippen molar-refractivity contribution < 1.29 is 19.4 Å². The van der Waals surface area contributed by atoms with Gasteiger partial charge in [-0.3, -0.25) is 4.79 Å². The SMILES string of the molecule is COc1cccc(CC(C)CC(CN)C(=O)O)c1OC. The topological polar surface area (TPSA) is 81.8 Å². The Morgan fingerprint density at radius 1 is 1.35 bits per heavy atom. The molecule has 5 nitrogen and oxygen atoms in total. The minimum atomic E-state index is -0.836. The molecule has 0 aromatic heterocycles. The van der Waals surface area contributed by atoms with Crippen molar-refractivity contribution in [1.82, 2.24) is 0 Å². The van der Waals surface area contributed by atoms with Crippen LogP contribution in [-0.2, 0) is 11.2 Å². The summed E-state index contributed by atoms with van der Waals surface area (Å²) in [5.41, 5.74) is 6.51. The van der Waals surface area contributed by atoms with Crippen molar-refractivity contribution in [2.24, 2.45) is 17.6 Å². The monoisotopic (exact) mass is 281 g/mol. The maximum absolute atomic E-state index is 11.0. The summed E-state index contributed by atoms with van der Waals surface area (Å²) >= 11 is 0. The molecule has 0 spiro atoms. The van der Waals surface area contributed by atoms with Gasteiger partial charge in [0.1, 0.15) is 0 Å². The van der Waals surface area contributed by atoms with Crippen LogP contribution in [0, 0.1) is 11.8 Å². The minimum Gasteiger partial charge on any atom is -0.493 e. The molecule has 0 bridgehead atoms. The van der Waals surface area contributed by atoms with Crippen molar-refractivity contribution >= 4 is 5.97 Å². The van der Waals surface area contributed by atoms with E-state index in [1.54, 1.807) is 14.2 Å². The number of hydrogen-bond donors (Lipinski definition) is 2. The number of carboxylic acids is 1. The third-order valence-corrected chi connectivity index (χ3v) is 3.37. The molecule has 0 saturated carbocycles. The fraction of sp³-hybridized carbons (Fsp3) is 0.533. The van der Waals surface area contributed by atoms with E-state index in [-0.39, 0.29) is 12.5 Å². The molecule has 0 aliphatic rings. The minimum absolute atomic E-state index is 0.162. The Hall–Kier alpha value is -1.75. The van der Waals surface area contributed by atoms with Crippen LogP contribution in [0.5, 0.6) is 11.5 Å². The lowest BCUT2D eigenvalue weighted by Gasteiger charge is -2.18. The maximum atomic E-state index is 11.0. The lowest BCUT2D eigenvalue weighted by molar-refractivity contribution is -0.141. The molecular formula is C15H23NO4. The van der Waals surface area contributed by atoms with E-state index in [0.29, 0.717) is 17.9 Å². The standard InChI is InChI=1S/C15H23NO4/c1-10(8-12(9-16)15(17)18)7-11-5-4-6-13(19-2)14(11)20-3/h4-6,10,12H,7-9,16H2,1-3H3,(H,17,18). The largest absolute Gasteiger partial charge is 0.493 e. The second-order valence-electron chi connectivity index (χ2n) is 4.97. The second-order valence-corrected chi connectivity index (χ2v) is 4.97. The van der Waals surface area contributed by atoms with E-state index in [2.05, 4.69) is 0 Å². The van der Waals surface area contributed by atoms with Gasteiger partial charge < -0.3 is 20.3 Å². The van der Waals surface area contributed by atoms with E-state index in [4.69, 9.17) is 20.3 Å². The van der Waals surface area contributed by atoms with Gasteiger partial charge in [-0.2, -0.15) is 0 Å². The molecular weight excluding hydrogens is 258 g/mol. The van der Waals surface area contributed by atoms with Crippen molar-refractivity contribution in [2.75, 3.05) is 20.8 Å². The van der Waals surface area contributed by atoms with Crippen molar-refractivity contribution in [3.8, 4) is 11.5 Å². The third kappa shape index (κ3) is 4.13. The van der Waals surface area contributed by atoms with Crippen LogP contribution in [0.2, 0.25) is 0 Å². The molecule has 0 aliphatic carbocycles. The van der Waals surface area contributed by atoms with Gasteiger partial charge in [0.05, 0.1) is 20.1 Å². The number of methoxy groups -OCH3 is 2. The number of carboxylic acid groups (broad SMARTS) is 1. The second kappa shape index (κ2) is 7.75. The van der Waals surface area contributed by atoms with E-state index in [0.717, 1.165) is 12.0 Å². The summed E-state index contributed by atoms with van der Waals surface area (Å²) < 4.78 is 10.6. The van der Waals surface area contributed by atoms with Gasteiger partial charge in [-0.05, 0) is 30.4 Å². The van der Waals surface area contributed by atoms with Crippen LogP contribution in [0.25, 0.3) is 0 Å². The summed E-state index contributed by atoms with van der Waals surface area (Å²) in [6.07, 6.45) is 1.27. The van der Waals surface area contributed by atoms with Crippen LogP contribution in [0.15, 0.2) is 18.2 Å². The average molecular weight is 281 g/mol. The first-order chi connectivity index (χ1) is 9.53. The van der Waals surface area contributed by atoms with Crippen molar-refractivity contribution in [3.05, 3.63) is 23.8 Å². The fourth-order valence-corrected chi connectivity index (χ4v) is 2.36. The summed E-state index contributed by atoms with van der Waals surface area (Å²) in [7, 11) is 3.20. The molecule has 0 amide bonds. The highest BCUT2D eigenvalue weighted by molar-refractivity contribution is 5.70. The number of nitrogens with two attached hydrogens (primary N) is 1. The van der Waals surface area contributed by atoms with Gasteiger partial charge in [-0.1, -0.05) is 19.1 Å². The van der Waals surface area contributed by atoms with Crippen LogP contribution in [0.1, 0.15) is 18.9 Å². The zero-order chi connectivity index (χ0) is 15.1. The van der Waals surface area contributed by atoms with E-state index in [1.807, 2.05) is 25.1 Å². The van der Waals surface area contributed by atoms with E-state index >= 15 is 0 Å². The Kier molecular flexibility index (Phi) is 6.31. The van der Waals surface area contributed by atoms with Crippen LogP contribution in [0.4, 0.5) is 0 Å². The van der Waals surface area contributed by atoms with Crippen molar-refractivity contribution in [3.63, 3.8) is 0 Å². The lowest BCUT2D eigenvalue weighted by atomic mass is 9.90. The zero-order valence-corrected chi connectivity index (χ0v) is 12.3. The van der Waals surface area contributed by atoms with E-state index in [1.165, 1.54) is 0 Å². The highest BCUT2D eigenvalue weighted by Crippen LogP contribution is 2.33. The molecule has 5 heteroatoms. The van der Waals surface area contributed by atoms with Crippen LogP contribution < -0.4 is 15.2 Å². The van der Waals surface area contributed by atoms with Gasteiger partial charge in [0.15, 0.2) is 11.5 Å². The molecule has 0 saturated heterocycles. The van der Waals surface area contributed by atoms with Gasteiger partial charge in [-0.15, -0.1) is 0 Å². The van der Waals surface area contributed by atoms with E-state index in [9.17, 15) is 4.79 Å².